The number of aryl methyl sites for hydroxylation is 1. The third-order valence-electron chi connectivity index (χ3n) is 5.70. The Morgan fingerprint density at radius 1 is 1.21 bits per heavy atom. The van der Waals surface area contributed by atoms with Crippen molar-refractivity contribution in [3.63, 3.8) is 0 Å². The molecule has 1 saturated heterocycles. The first-order valence-electron chi connectivity index (χ1n) is 9.09. The predicted molar refractivity (Wildman–Crippen MR) is 92.8 cm³/mol. The van der Waals surface area contributed by atoms with E-state index < -0.39 is 5.97 Å². The van der Waals surface area contributed by atoms with Gasteiger partial charge in [0.25, 0.3) is 0 Å². The number of carbonyl (C=O) groups excluding carboxylic acids is 1. The van der Waals surface area contributed by atoms with Crippen molar-refractivity contribution in [3.8, 4) is 0 Å². The summed E-state index contributed by atoms with van der Waals surface area (Å²) in [6, 6.07) is 8.45. The number of carbonyl (C=O) groups is 2. The summed E-state index contributed by atoms with van der Waals surface area (Å²) in [5.41, 5.74) is 2.47. The van der Waals surface area contributed by atoms with Gasteiger partial charge in [0.2, 0.25) is 5.91 Å². The second-order valence-corrected chi connectivity index (χ2v) is 7.45. The summed E-state index contributed by atoms with van der Waals surface area (Å²) in [6.07, 6.45) is 3.71. The van der Waals surface area contributed by atoms with Crippen molar-refractivity contribution in [1.82, 2.24) is 4.90 Å². The van der Waals surface area contributed by atoms with E-state index in [1.165, 1.54) is 11.1 Å². The normalized spacial score (nSPS) is 24.8. The van der Waals surface area contributed by atoms with Gasteiger partial charge in [0.05, 0.1) is 5.92 Å². The lowest BCUT2D eigenvalue weighted by atomic mass is 9.92. The maximum absolute atomic E-state index is 12.6. The Hall–Kier alpha value is -1.84. The topological polar surface area (TPSA) is 57.6 Å². The van der Waals surface area contributed by atoms with Gasteiger partial charge in [0.1, 0.15) is 0 Å². The van der Waals surface area contributed by atoms with E-state index in [4.69, 9.17) is 0 Å². The van der Waals surface area contributed by atoms with Crippen LogP contribution in [-0.4, -0.2) is 35.0 Å². The summed E-state index contributed by atoms with van der Waals surface area (Å²) in [6.45, 7) is 5.21. The molecule has 4 heteroatoms. The summed E-state index contributed by atoms with van der Waals surface area (Å²) in [5.74, 6) is -0.192. The SMILES string of the molecule is CCc1ccc(C(C)CC(=O)N2C[C@H](C(=O)O)[C@@H](C3CC3)C2)cc1. The summed E-state index contributed by atoms with van der Waals surface area (Å²) >= 11 is 0. The van der Waals surface area contributed by atoms with E-state index in [1.54, 1.807) is 4.90 Å². The molecule has 1 unspecified atom stereocenters. The first-order valence-corrected chi connectivity index (χ1v) is 9.09. The molecule has 1 aromatic carbocycles. The van der Waals surface area contributed by atoms with Crippen LogP contribution >= 0.6 is 0 Å². The fourth-order valence-electron chi connectivity index (χ4n) is 3.89. The molecule has 3 atom stereocenters. The molecule has 130 valence electrons. The zero-order chi connectivity index (χ0) is 17.3. The fraction of sp³-hybridized carbons (Fsp3) is 0.600. The fourth-order valence-corrected chi connectivity index (χ4v) is 3.89. The number of hydrogen-bond acceptors (Lipinski definition) is 2. The minimum absolute atomic E-state index is 0.0940. The molecule has 1 aliphatic carbocycles. The first-order chi connectivity index (χ1) is 11.5. The van der Waals surface area contributed by atoms with Crippen LogP contribution in [0.25, 0.3) is 0 Å². The molecule has 1 saturated carbocycles. The highest BCUT2D eigenvalue weighted by atomic mass is 16.4. The van der Waals surface area contributed by atoms with Crippen LogP contribution in [0.2, 0.25) is 0 Å². The van der Waals surface area contributed by atoms with Crippen LogP contribution in [0.1, 0.15) is 50.2 Å². The lowest BCUT2D eigenvalue weighted by molar-refractivity contribution is -0.142. The molecule has 2 fully saturated rings. The maximum atomic E-state index is 12.6. The van der Waals surface area contributed by atoms with Crippen molar-refractivity contribution in [2.75, 3.05) is 13.1 Å². The molecule has 0 radical (unpaired) electrons. The average Bonchev–Trinajstić information content (AvgIpc) is 3.32. The number of aliphatic carboxylic acids is 1. The van der Waals surface area contributed by atoms with E-state index in [0.717, 1.165) is 19.3 Å². The molecular formula is C20H27NO3. The highest BCUT2D eigenvalue weighted by molar-refractivity contribution is 5.79. The van der Waals surface area contributed by atoms with Gasteiger partial charge in [-0.05, 0) is 48.1 Å². The van der Waals surface area contributed by atoms with E-state index in [1.807, 2.05) is 0 Å². The van der Waals surface area contributed by atoms with Crippen LogP contribution < -0.4 is 0 Å². The Morgan fingerprint density at radius 2 is 1.88 bits per heavy atom. The number of carboxylic acid groups (broad SMARTS) is 1. The Morgan fingerprint density at radius 3 is 2.42 bits per heavy atom. The molecule has 1 heterocycles. The van der Waals surface area contributed by atoms with Gasteiger partial charge in [0, 0.05) is 19.5 Å². The number of nitrogens with zero attached hydrogens (tertiary/aromatic N) is 1. The van der Waals surface area contributed by atoms with Crippen LogP contribution in [0.5, 0.6) is 0 Å². The van der Waals surface area contributed by atoms with Crippen LogP contribution in [0.4, 0.5) is 0 Å². The Labute approximate surface area is 143 Å². The minimum Gasteiger partial charge on any atom is -0.481 e. The Bertz CT molecular complexity index is 606. The zero-order valence-corrected chi connectivity index (χ0v) is 14.6. The minimum atomic E-state index is -0.745. The highest BCUT2D eigenvalue weighted by Gasteiger charge is 2.46. The third-order valence-corrected chi connectivity index (χ3v) is 5.70. The molecule has 0 aromatic heterocycles. The number of benzene rings is 1. The van der Waals surface area contributed by atoms with Gasteiger partial charge in [-0.2, -0.15) is 0 Å². The van der Waals surface area contributed by atoms with Crippen LogP contribution in [0, 0.1) is 17.8 Å². The second-order valence-electron chi connectivity index (χ2n) is 7.45. The quantitative estimate of drug-likeness (QED) is 0.871. The Kier molecular flexibility index (Phi) is 4.93. The first kappa shape index (κ1) is 17.0. The van der Waals surface area contributed by atoms with E-state index >= 15 is 0 Å². The molecule has 2 aliphatic rings. The van der Waals surface area contributed by atoms with Crippen molar-refractivity contribution in [1.29, 1.82) is 0 Å². The van der Waals surface area contributed by atoms with Crippen LogP contribution in [0.3, 0.4) is 0 Å². The summed E-state index contributed by atoms with van der Waals surface area (Å²) in [5, 5.41) is 9.43. The van der Waals surface area contributed by atoms with Crippen molar-refractivity contribution in [3.05, 3.63) is 35.4 Å². The van der Waals surface area contributed by atoms with E-state index in [9.17, 15) is 14.7 Å². The van der Waals surface area contributed by atoms with E-state index in [-0.39, 0.29) is 23.7 Å². The number of carboxylic acids is 1. The molecule has 1 amide bonds. The summed E-state index contributed by atoms with van der Waals surface area (Å²) in [7, 11) is 0. The van der Waals surface area contributed by atoms with Crippen LogP contribution in [0.15, 0.2) is 24.3 Å². The molecule has 0 bridgehead atoms. The van der Waals surface area contributed by atoms with Gasteiger partial charge in [-0.25, -0.2) is 0 Å². The number of amides is 1. The molecular weight excluding hydrogens is 302 g/mol. The van der Waals surface area contributed by atoms with Gasteiger partial charge in [-0.15, -0.1) is 0 Å². The van der Waals surface area contributed by atoms with Crippen molar-refractivity contribution in [2.24, 2.45) is 17.8 Å². The van der Waals surface area contributed by atoms with Gasteiger partial charge < -0.3 is 10.0 Å². The monoisotopic (exact) mass is 329 g/mol. The predicted octanol–water partition coefficient (Wildman–Crippen LogP) is 3.31. The summed E-state index contributed by atoms with van der Waals surface area (Å²) < 4.78 is 0. The van der Waals surface area contributed by atoms with Crippen LogP contribution in [-0.2, 0) is 16.0 Å². The molecule has 1 aliphatic heterocycles. The van der Waals surface area contributed by atoms with E-state index in [0.29, 0.717) is 25.4 Å². The van der Waals surface area contributed by atoms with Crippen molar-refractivity contribution in [2.45, 2.75) is 45.4 Å². The van der Waals surface area contributed by atoms with Crippen molar-refractivity contribution < 1.29 is 14.7 Å². The smallest absolute Gasteiger partial charge is 0.308 e. The largest absolute Gasteiger partial charge is 0.481 e. The number of rotatable bonds is 6. The third kappa shape index (κ3) is 3.63. The molecule has 4 nitrogen and oxygen atoms in total. The molecule has 3 rings (SSSR count). The Balaban J connectivity index is 1.60. The van der Waals surface area contributed by atoms with Crippen molar-refractivity contribution >= 4 is 11.9 Å². The van der Waals surface area contributed by atoms with Gasteiger partial charge in [-0.1, -0.05) is 38.1 Å². The van der Waals surface area contributed by atoms with E-state index in [2.05, 4.69) is 38.1 Å². The average molecular weight is 329 g/mol. The summed E-state index contributed by atoms with van der Waals surface area (Å²) in [4.78, 5) is 25.9. The standard InChI is InChI=1S/C20H27NO3/c1-3-14-4-6-15(7-5-14)13(2)10-19(22)21-11-17(16-8-9-16)18(12-21)20(23)24/h4-7,13,16-18H,3,8-12H2,1-2H3,(H,23,24)/t13?,17-,18+/m1/s1. The number of likely N-dealkylation sites (tertiary alicyclic amines) is 1. The molecule has 1 aromatic rings. The van der Waals surface area contributed by atoms with Gasteiger partial charge >= 0.3 is 5.97 Å². The maximum Gasteiger partial charge on any atom is 0.308 e. The van der Waals surface area contributed by atoms with Gasteiger partial charge in [-0.3, -0.25) is 9.59 Å². The molecule has 0 spiro atoms. The highest BCUT2D eigenvalue weighted by Crippen LogP contribution is 2.44. The lowest BCUT2D eigenvalue weighted by Gasteiger charge is -2.19. The zero-order valence-electron chi connectivity index (χ0n) is 14.6. The number of hydrogen-bond donors (Lipinski definition) is 1. The molecule has 1 N–H and O–H groups in total. The second kappa shape index (κ2) is 6.96. The van der Waals surface area contributed by atoms with Gasteiger partial charge in [0.15, 0.2) is 0 Å². The molecule has 24 heavy (non-hydrogen) atoms. The lowest BCUT2D eigenvalue weighted by Crippen LogP contribution is -2.30.